The van der Waals surface area contributed by atoms with Gasteiger partial charge in [0, 0.05) is 5.56 Å². The molecule has 7 nitrogen and oxygen atoms in total. The van der Waals surface area contributed by atoms with E-state index in [9.17, 15) is 9.59 Å². The van der Waals surface area contributed by atoms with E-state index in [0.29, 0.717) is 10.9 Å². The maximum Gasteiger partial charge on any atom is 0.318 e. The summed E-state index contributed by atoms with van der Waals surface area (Å²) in [5, 5.41) is 2.23. The number of carbonyl (C=O) groups excluding carboxylic acids is 2. The molecule has 3 aromatic rings. The minimum Gasteiger partial charge on any atom is -0.495 e. The molecular weight excluding hydrogens is 400 g/mol. The van der Waals surface area contributed by atoms with Crippen LogP contribution in [0.15, 0.2) is 66.0 Å². The molecule has 8 heteroatoms. The van der Waals surface area contributed by atoms with E-state index in [0.717, 1.165) is 16.9 Å². The van der Waals surface area contributed by atoms with E-state index in [4.69, 9.17) is 10.5 Å². The molecule has 0 bridgehead atoms. The summed E-state index contributed by atoms with van der Waals surface area (Å²) in [5.41, 5.74) is 7.79. The molecule has 1 heterocycles. The van der Waals surface area contributed by atoms with E-state index in [1.54, 1.807) is 13.3 Å². The minimum absolute atomic E-state index is 0.0580. The first-order valence-corrected chi connectivity index (χ1v) is 10.3. The lowest BCUT2D eigenvalue weighted by atomic mass is 10.1. The topological polar surface area (TPSA) is 99.2 Å². The second kappa shape index (κ2) is 9.49. The van der Waals surface area contributed by atoms with Crippen LogP contribution in [-0.4, -0.2) is 33.8 Å². The van der Waals surface area contributed by atoms with Crippen LogP contribution < -0.4 is 15.8 Å². The summed E-state index contributed by atoms with van der Waals surface area (Å²) in [6.45, 7) is 3.82. The summed E-state index contributed by atoms with van der Waals surface area (Å²) in [7, 11) is 1.61. The van der Waals surface area contributed by atoms with Gasteiger partial charge >= 0.3 is 6.03 Å². The average Bonchev–Trinajstić information content (AvgIpc) is 3.15. The molecule has 0 aliphatic carbocycles. The van der Waals surface area contributed by atoms with Gasteiger partial charge in [0.05, 0.1) is 29.9 Å². The zero-order chi connectivity index (χ0) is 21.7. The molecule has 3 rings (SSSR count). The number of aromatic nitrogens is 2. The van der Waals surface area contributed by atoms with Crippen molar-refractivity contribution in [1.29, 1.82) is 0 Å². The number of imide groups is 1. The Balaban J connectivity index is 2.12. The molecule has 0 spiro atoms. The lowest BCUT2D eigenvalue weighted by Gasteiger charge is -2.20. The summed E-state index contributed by atoms with van der Waals surface area (Å²) >= 11 is 1.28. The van der Waals surface area contributed by atoms with Crippen LogP contribution in [0, 0.1) is 5.92 Å². The Morgan fingerprint density at radius 1 is 1.10 bits per heavy atom. The Hall–Kier alpha value is -3.26. The van der Waals surface area contributed by atoms with Crippen LogP contribution in [-0.2, 0) is 4.79 Å². The van der Waals surface area contributed by atoms with E-state index in [1.165, 1.54) is 11.8 Å². The van der Waals surface area contributed by atoms with Crippen molar-refractivity contribution in [2.75, 3.05) is 7.11 Å². The number of imidazole rings is 1. The Labute approximate surface area is 179 Å². The third kappa shape index (κ3) is 4.65. The number of primary amides is 1. The quantitative estimate of drug-likeness (QED) is 0.561. The normalized spacial score (nSPS) is 11.9. The highest BCUT2D eigenvalue weighted by Crippen LogP contribution is 2.36. The molecule has 156 valence electrons. The van der Waals surface area contributed by atoms with Gasteiger partial charge in [0.15, 0.2) is 5.16 Å². The number of amides is 3. The number of methoxy groups -OCH3 is 1. The molecule has 1 unspecified atom stereocenters. The molecule has 1 atom stereocenters. The van der Waals surface area contributed by atoms with E-state index < -0.39 is 17.2 Å². The van der Waals surface area contributed by atoms with Crippen LogP contribution in [0.1, 0.15) is 13.8 Å². The van der Waals surface area contributed by atoms with E-state index in [-0.39, 0.29) is 5.92 Å². The van der Waals surface area contributed by atoms with Crippen molar-refractivity contribution in [3.05, 3.63) is 60.8 Å². The fraction of sp³-hybridized carbons (Fsp3) is 0.227. The Bertz CT molecular complexity index is 1030. The number of benzene rings is 2. The number of thioether (sulfide) groups is 1. The molecule has 1 aromatic heterocycles. The predicted molar refractivity (Wildman–Crippen MR) is 118 cm³/mol. The molecule has 30 heavy (non-hydrogen) atoms. The van der Waals surface area contributed by atoms with Gasteiger partial charge in [-0.25, -0.2) is 9.78 Å². The molecule has 0 saturated heterocycles. The zero-order valence-electron chi connectivity index (χ0n) is 17.0. The molecule has 0 radical (unpaired) electrons. The van der Waals surface area contributed by atoms with Crippen LogP contribution in [0.4, 0.5) is 4.79 Å². The molecule has 3 amide bonds. The smallest absolute Gasteiger partial charge is 0.318 e. The number of urea groups is 1. The molecule has 3 N–H and O–H groups in total. The Morgan fingerprint density at radius 2 is 1.77 bits per heavy atom. The van der Waals surface area contributed by atoms with Crippen molar-refractivity contribution >= 4 is 23.7 Å². The number of nitrogens with two attached hydrogens (primary N) is 1. The number of hydrogen-bond acceptors (Lipinski definition) is 5. The summed E-state index contributed by atoms with van der Waals surface area (Å²) in [6, 6.07) is 16.6. The van der Waals surface area contributed by atoms with Crippen molar-refractivity contribution in [2.24, 2.45) is 11.7 Å². The minimum atomic E-state index is -0.871. The van der Waals surface area contributed by atoms with Crippen molar-refractivity contribution in [3.8, 4) is 22.7 Å². The highest BCUT2D eigenvalue weighted by Gasteiger charge is 2.28. The molecular formula is C22H24N4O3S. The van der Waals surface area contributed by atoms with Gasteiger partial charge in [-0.05, 0) is 18.1 Å². The SMILES string of the molecule is COc1ccccc1-n1c(-c2ccccc2)cnc1SC(C(=O)NC(N)=O)C(C)C. The van der Waals surface area contributed by atoms with E-state index in [1.807, 2.05) is 73.0 Å². The third-order valence-corrected chi connectivity index (χ3v) is 5.98. The van der Waals surface area contributed by atoms with Gasteiger partial charge in [-0.2, -0.15) is 0 Å². The molecule has 0 aliphatic heterocycles. The van der Waals surface area contributed by atoms with Crippen LogP contribution in [0.5, 0.6) is 5.75 Å². The van der Waals surface area contributed by atoms with Crippen LogP contribution in [0.3, 0.4) is 0 Å². The highest BCUT2D eigenvalue weighted by molar-refractivity contribution is 8.00. The maximum atomic E-state index is 12.6. The van der Waals surface area contributed by atoms with Crippen molar-refractivity contribution in [2.45, 2.75) is 24.3 Å². The third-order valence-electron chi connectivity index (χ3n) is 4.47. The molecule has 0 fully saturated rings. The lowest BCUT2D eigenvalue weighted by molar-refractivity contribution is -0.120. The number of ether oxygens (including phenoxy) is 1. The van der Waals surface area contributed by atoms with Crippen LogP contribution >= 0.6 is 11.8 Å². The van der Waals surface area contributed by atoms with Gasteiger partial charge in [0.1, 0.15) is 5.75 Å². The van der Waals surface area contributed by atoms with E-state index in [2.05, 4.69) is 10.3 Å². The molecule has 0 saturated carbocycles. The number of carbonyl (C=O) groups is 2. The molecule has 0 aliphatic rings. The average molecular weight is 425 g/mol. The summed E-state index contributed by atoms with van der Waals surface area (Å²) < 4.78 is 7.53. The molecule has 2 aromatic carbocycles. The monoisotopic (exact) mass is 424 g/mol. The lowest BCUT2D eigenvalue weighted by Crippen LogP contribution is -2.42. The van der Waals surface area contributed by atoms with Crippen molar-refractivity contribution in [1.82, 2.24) is 14.9 Å². The van der Waals surface area contributed by atoms with E-state index >= 15 is 0 Å². The Morgan fingerprint density at radius 3 is 2.40 bits per heavy atom. The van der Waals surface area contributed by atoms with Crippen LogP contribution in [0.25, 0.3) is 16.9 Å². The number of hydrogen-bond donors (Lipinski definition) is 2. The standard InChI is InChI=1S/C22H24N4O3S/c1-14(2)19(20(27)25-21(23)28)30-22-24-13-17(15-9-5-4-6-10-15)26(22)16-11-7-8-12-18(16)29-3/h4-14,19H,1-3H3,(H3,23,25,27,28). The largest absolute Gasteiger partial charge is 0.495 e. The van der Waals surface area contributed by atoms with Gasteiger partial charge in [-0.1, -0.05) is 68.1 Å². The first-order valence-electron chi connectivity index (χ1n) is 9.46. The first-order chi connectivity index (χ1) is 14.4. The van der Waals surface area contributed by atoms with Crippen molar-refractivity contribution in [3.63, 3.8) is 0 Å². The maximum absolute atomic E-state index is 12.6. The first kappa shape index (κ1) is 21.4. The Kier molecular flexibility index (Phi) is 6.79. The number of para-hydroxylation sites is 2. The second-order valence-corrected chi connectivity index (χ2v) is 8.04. The highest BCUT2D eigenvalue weighted by atomic mass is 32.2. The number of nitrogens with zero attached hydrogens (tertiary/aromatic N) is 2. The number of rotatable bonds is 7. The van der Waals surface area contributed by atoms with Gasteiger partial charge in [-0.15, -0.1) is 0 Å². The van der Waals surface area contributed by atoms with Crippen molar-refractivity contribution < 1.29 is 14.3 Å². The van der Waals surface area contributed by atoms with Gasteiger partial charge < -0.3 is 10.5 Å². The van der Waals surface area contributed by atoms with Gasteiger partial charge in [0.25, 0.3) is 0 Å². The predicted octanol–water partition coefficient (Wildman–Crippen LogP) is 3.86. The summed E-state index contributed by atoms with van der Waals surface area (Å²) in [6.07, 6.45) is 1.77. The van der Waals surface area contributed by atoms with Gasteiger partial charge in [0.2, 0.25) is 5.91 Å². The summed E-state index contributed by atoms with van der Waals surface area (Å²) in [5.74, 6) is 0.174. The van der Waals surface area contributed by atoms with Crippen LogP contribution in [0.2, 0.25) is 0 Å². The summed E-state index contributed by atoms with van der Waals surface area (Å²) in [4.78, 5) is 28.3. The number of nitrogens with one attached hydrogen (secondary N) is 1. The van der Waals surface area contributed by atoms with Gasteiger partial charge in [-0.3, -0.25) is 14.7 Å². The second-order valence-electron chi connectivity index (χ2n) is 6.94. The fourth-order valence-corrected chi connectivity index (χ4v) is 4.16. The fourth-order valence-electron chi connectivity index (χ4n) is 3.08. The zero-order valence-corrected chi connectivity index (χ0v) is 17.8.